The van der Waals surface area contributed by atoms with Crippen molar-refractivity contribution in [3.63, 3.8) is 0 Å². The highest BCUT2D eigenvalue weighted by molar-refractivity contribution is 6.32. The van der Waals surface area contributed by atoms with Crippen molar-refractivity contribution in [1.82, 2.24) is 5.32 Å². The van der Waals surface area contributed by atoms with Crippen molar-refractivity contribution in [2.75, 3.05) is 26.4 Å². The molecule has 1 fully saturated rings. The molecule has 1 aliphatic rings. The number of amides is 1. The van der Waals surface area contributed by atoms with Gasteiger partial charge in [0.2, 0.25) is 0 Å². The molecule has 7 heteroatoms. The lowest BCUT2D eigenvalue weighted by Crippen LogP contribution is -2.42. The van der Waals surface area contributed by atoms with Crippen LogP contribution in [0.1, 0.15) is 16.8 Å². The predicted molar refractivity (Wildman–Crippen MR) is 78.7 cm³/mol. The molecule has 1 aliphatic heterocycles. The van der Waals surface area contributed by atoms with E-state index in [1.165, 1.54) is 6.07 Å². The topological polar surface area (TPSA) is 93.8 Å². The van der Waals surface area contributed by atoms with E-state index in [1.54, 1.807) is 12.1 Å². The number of nitrogens with two attached hydrogens (primary N) is 1. The fourth-order valence-corrected chi connectivity index (χ4v) is 2.19. The molecular formula is C14H19ClN2O4. The number of nitrogens with one attached hydrogen (secondary N) is 1. The minimum Gasteiger partial charge on any atom is -0.492 e. The van der Waals surface area contributed by atoms with Gasteiger partial charge in [0.25, 0.3) is 5.91 Å². The Morgan fingerprint density at radius 2 is 2.33 bits per heavy atom. The quantitative estimate of drug-likeness (QED) is 0.667. The predicted octanol–water partition coefficient (Wildman–Crippen LogP) is 0.557. The molecule has 1 amide bonds. The molecule has 2 rings (SSSR count). The number of hydrogen-bond acceptors (Lipinski definition) is 5. The standard InChI is InChI=1S/C14H19ClN2O4/c15-10-6-9(2-3-13(10)21-5-1-4-16)14(19)17-11-7-20-8-12(11)18/h2-3,6,11-12,18H,1,4-5,7-8,16H2,(H,17,19)/t11-,12-/m1/s1. The summed E-state index contributed by atoms with van der Waals surface area (Å²) in [7, 11) is 0. The van der Waals surface area contributed by atoms with E-state index in [2.05, 4.69) is 5.32 Å². The summed E-state index contributed by atoms with van der Waals surface area (Å²) in [6, 6.07) is 4.42. The van der Waals surface area contributed by atoms with Crippen LogP contribution in [0.4, 0.5) is 0 Å². The third kappa shape index (κ3) is 4.31. The fourth-order valence-electron chi connectivity index (χ4n) is 1.96. The van der Waals surface area contributed by atoms with Gasteiger partial charge < -0.3 is 25.6 Å². The van der Waals surface area contributed by atoms with Crippen LogP contribution in [0.25, 0.3) is 0 Å². The zero-order valence-corrected chi connectivity index (χ0v) is 12.3. The minimum atomic E-state index is -0.678. The highest BCUT2D eigenvalue weighted by Gasteiger charge is 2.27. The SMILES string of the molecule is NCCCOc1ccc(C(=O)N[C@@H]2COC[C@H]2O)cc1Cl. The van der Waals surface area contributed by atoms with Crippen LogP contribution in [0.5, 0.6) is 5.75 Å². The van der Waals surface area contributed by atoms with E-state index in [-0.39, 0.29) is 12.5 Å². The second kappa shape index (κ2) is 7.61. The van der Waals surface area contributed by atoms with E-state index in [4.69, 9.17) is 26.8 Å². The van der Waals surface area contributed by atoms with Crippen LogP contribution < -0.4 is 15.8 Å². The average molecular weight is 315 g/mol. The first-order valence-electron chi connectivity index (χ1n) is 6.81. The van der Waals surface area contributed by atoms with Crippen LogP contribution >= 0.6 is 11.6 Å². The molecule has 116 valence electrons. The van der Waals surface area contributed by atoms with Crippen LogP contribution in [0.15, 0.2) is 18.2 Å². The molecule has 4 N–H and O–H groups in total. The monoisotopic (exact) mass is 314 g/mol. The lowest BCUT2D eigenvalue weighted by atomic mass is 10.1. The van der Waals surface area contributed by atoms with Gasteiger partial charge in [-0.25, -0.2) is 0 Å². The first kappa shape index (κ1) is 16.0. The number of halogens is 1. The van der Waals surface area contributed by atoms with Gasteiger partial charge in [0.15, 0.2) is 0 Å². The van der Waals surface area contributed by atoms with Gasteiger partial charge in [-0.05, 0) is 31.2 Å². The summed E-state index contributed by atoms with van der Waals surface area (Å²) < 4.78 is 10.5. The molecule has 21 heavy (non-hydrogen) atoms. The summed E-state index contributed by atoms with van der Waals surface area (Å²) in [4.78, 5) is 12.1. The molecule has 0 radical (unpaired) electrons. The maximum atomic E-state index is 12.1. The largest absolute Gasteiger partial charge is 0.492 e. The van der Waals surface area contributed by atoms with Gasteiger partial charge in [-0.2, -0.15) is 0 Å². The van der Waals surface area contributed by atoms with Crippen molar-refractivity contribution < 1.29 is 19.4 Å². The van der Waals surface area contributed by atoms with Gasteiger partial charge in [-0.3, -0.25) is 4.79 Å². The zero-order chi connectivity index (χ0) is 15.2. The third-order valence-electron chi connectivity index (χ3n) is 3.17. The second-order valence-electron chi connectivity index (χ2n) is 4.82. The van der Waals surface area contributed by atoms with Gasteiger partial charge in [0, 0.05) is 5.56 Å². The fraction of sp³-hybridized carbons (Fsp3) is 0.500. The Hall–Kier alpha value is -1.34. The lowest BCUT2D eigenvalue weighted by Gasteiger charge is -2.15. The van der Waals surface area contributed by atoms with Crippen molar-refractivity contribution in [2.24, 2.45) is 5.73 Å². The number of benzene rings is 1. The molecule has 0 unspecified atom stereocenters. The van der Waals surface area contributed by atoms with E-state index >= 15 is 0 Å². The van der Waals surface area contributed by atoms with Gasteiger partial charge >= 0.3 is 0 Å². The smallest absolute Gasteiger partial charge is 0.251 e. The first-order valence-corrected chi connectivity index (χ1v) is 7.18. The Morgan fingerprint density at radius 1 is 1.52 bits per heavy atom. The molecule has 0 saturated carbocycles. The van der Waals surface area contributed by atoms with Gasteiger partial charge in [0.1, 0.15) is 5.75 Å². The molecule has 0 aromatic heterocycles. The Bertz CT molecular complexity index is 498. The van der Waals surface area contributed by atoms with E-state index in [0.717, 1.165) is 6.42 Å². The summed E-state index contributed by atoms with van der Waals surface area (Å²) in [6.07, 6.45) is 0.0568. The highest BCUT2D eigenvalue weighted by Crippen LogP contribution is 2.25. The number of ether oxygens (including phenoxy) is 2. The van der Waals surface area contributed by atoms with Crippen molar-refractivity contribution >= 4 is 17.5 Å². The molecule has 0 bridgehead atoms. The molecule has 1 heterocycles. The zero-order valence-electron chi connectivity index (χ0n) is 11.5. The first-order chi connectivity index (χ1) is 10.1. The summed E-state index contributed by atoms with van der Waals surface area (Å²) in [6.45, 7) is 1.57. The highest BCUT2D eigenvalue weighted by atomic mass is 35.5. The minimum absolute atomic E-state index is 0.236. The molecular weight excluding hydrogens is 296 g/mol. The molecule has 1 aromatic rings. The number of carbonyl (C=O) groups excluding carboxylic acids is 1. The summed E-state index contributed by atoms with van der Waals surface area (Å²) in [5.41, 5.74) is 5.79. The van der Waals surface area contributed by atoms with Crippen molar-refractivity contribution in [1.29, 1.82) is 0 Å². The van der Waals surface area contributed by atoms with Crippen LogP contribution in [-0.4, -0.2) is 49.5 Å². The third-order valence-corrected chi connectivity index (χ3v) is 3.46. The van der Waals surface area contributed by atoms with E-state index in [1.807, 2.05) is 0 Å². The molecule has 1 saturated heterocycles. The second-order valence-corrected chi connectivity index (χ2v) is 5.23. The molecule has 6 nitrogen and oxygen atoms in total. The van der Waals surface area contributed by atoms with Crippen molar-refractivity contribution in [3.8, 4) is 5.75 Å². The van der Waals surface area contributed by atoms with Crippen LogP contribution in [0.3, 0.4) is 0 Å². The summed E-state index contributed by atoms with van der Waals surface area (Å²) >= 11 is 6.09. The molecule has 0 aliphatic carbocycles. The maximum absolute atomic E-state index is 12.1. The van der Waals surface area contributed by atoms with Gasteiger partial charge in [-0.1, -0.05) is 11.6 Å². The van der Waals surface area contributed by atoms with Crippen molar-refractivity contribution in [2.45, 2.75) is 18.6 Å². The number of carbonyl (C=O) groups is 1. The van der Waals surface area contributed by atoms with Crippen LogP contribution in [0, 0.1) is 0 Å². The van der Waals surface area contributed by atoms with Crippen LogP contribution in [-0.2, 0) is 4.74 Å². The van der Waals surface area contributed by atoms with E-state index in [9.17, 15) is 9.90 Å². The number of hydrogen-bond donors (Lipinski definition) is 3. The summed E-state index contributed by atoms with van der Waals surface area (Å²) in [5.74, 6) is 0.214. The molecule has 0 spiro atoms. The summed E-state index contributed by atoms with van der Waals surface area (Å²) in [5, 5.41) is 12.7. The van der Waals surface area contributed by atoms with Gasteiger partial charge in [-0.15, -0.1) is 0 Å². The van der Waals surface area contributed by atoms with Crippen LogP contribution in [0.2, 0.25) is 5.02 Å². The Morgan fingerprint density at radius 3 is 2.95 bits per heavy atom. The Balaban J connectivity index is 1.96. The maximum Gasteiger partial charge on any atom is 0.251 e. The number of aliphatic hydroxyl groups excluding tert-OH is 1. The Labute approximate surface area is 128 Å². The Kier molecular flexibility index (Phi) is 5.81. The number of aliphatic hydroxyl groups is 1. The van der Waals surface area contributed by atoms with Gasteiger partial charge in [0.05, 0.1) is 37.0 Å². The number of rotatable bonds is 6. The lowest BCUT2D eigenvalue weighted by molar-refractivity contribution is 0.0886. The molecule has 1 aromatic carbocycles. The normalized spacial score (nSPS) is 21.3. The molecule has 2 atom stereocenters. The van der Waals surface area contributed by atoms with E-state index < -0.39 is 12.1 Å². The van der Waals surface area contributed by atoms with Crippen molar-refractivity contribution in [3.05, 3.63) is 28.8 Å². The average Bonchev–Trinajstić information content (AvgIpc) is 2.86. The van der Waals surface area contributed by atoms with E-state index in [0.29, 0.717) is 36.1 Å².